The summed E-state index contributed by atoms with van der Waals surface area (Å²) < 4.78 is 5.78. The smallest absolute Gasteiger partial charge is 0.263 e. The minimum atomic E-state index is -0.625. The Kier molecular flexibility index (Phi) is 4.55. The average Bonchev–Trinajstić information content (AvgIpc) is 3.01. The zero-order chi connectivity index (χ0) is 18.3. The van der Waals surface area contributed by atoms with Gasteiger partial charge in [-0.3, -0.25) is 4.79 Å². The molecule has 0 fully saturated rings. The van der Waals surface area contributed by atoms with Crippen LogP contribution in [0.2, 0.25) is 10.0 Å². The molecule has 0 aliphatic carbocycles. The Morgan fingerprint density at radius 1 is 1.23 bits per heavy atom. The van der Waals surface area contributed by atoms with Crippen LogP contribution in [0.15, 0.2) is 42.5 Å². The van der Waals surface area contributed by atoms with E-state index in [4.69, 9.17) is 27.9 Å². The molecule has 0 unspecified atom stereocenters. The fraction of sp³-hybridized carbons (Fsp3) is 0.250. The Morgan fingerprint density at radius 2 is 2.04 bits per heavy atom. The molecule has 4 rings (SSSR count). The third-order valence-corrected chi connectivity index (χ3v) is 5.27. The van der Waals surface area contributed by atoms with E-state index in [9.17, 15) is 4.79 Å². The van der Waals surface area contributed by atoms with Crippen LogP contribution in [-0.4, -0.2) is 28.4 Å². The molecule has 0 radical (unpaired) electrons. The number of halogens is 2. The summed E-state index contributed by atoms with van der Waals surface area (Å²) >= 11 is 12.0. The van der Waals surface area contributed by atoms with Crippen molar-refractivity contribution in [2.75, 3.05) is 6.54 Å². The molecule has 1 atom stereocenters. The molecule has 0 saturated carbocycles. The lowest BCUT2D eigenvalue weighted by Gasteiger charge is -2.29. The van der Waals surface area contributed by atoms with E-state index in [1.807, 2.05) is 17.0 Å². The Labute approximate surface area is 161 Å². The third-order valence-electron chi connectivity index (χ3n) is 4.74. The largest absolute Gasteiger partial charge is 0.479 e. The van der Waals surface area contributed by atoms with Crippen molar-refractivity contribution >= 4 is 40.0 Å². The van der Waals surface area contributed by atoms with E-state index in [0.717, 1.165) is 11.9 Å². The Hall–Kier alpha value is -2.17. The molecular weight excluding hydrogens is 371 g/mol. The van der Waals surface area contributed by atoms with Crippen LogP contribution < -0.4 is 4.74 Å². The second-order valence-electron chi connectivity index (χ2n) is 6.47. The molecule has 26 heavy (non-hydrogen) atoms. The number of carbonyl (C=O) groups is 1. The van der Waals surface area contributed by atoms with Gasteiger partial charge in [-0.15, -0.1) is 0 Å². The average molecular weight is 389 g/mol. The highest BCUT2D eigenvalue weighted by molar-refractivity contribution is 6.35. The monoisotopic (exact) mass is 388 g/mol. The summed E-state index contributed by atoms with van der Waals surface area (Å²) in [5, 5.41) is 2.10. The van der Waals surface area contributed by atoms with E-state index in [1.165, 1.54) is 16.6 Å². The summed E-state index contributed by atoms with van der Waals surface area (Å²) in [6, 6.07) is 13.2. The molecule has 2 heterocycles. The van der Waals surface area contributed by atoms with Crippen molar-refractivity contribution in [3.05, 3.63) is 63.8 Å². The number of carbonyl (C=O) groups excluding carboxylic acids is 1. The van der Waals surface area contributed by atoms with Crippen molar-refractivity contribution in [2.45, 2.75) is 26.0 Å². The molecule has 2 aromatic carbocycles. The van der Waals surface area contributed by atoms with E-state index < -0.39 is 6.10 Å². The van der Waals surface area contributed by atoms with E-state index in [1.54, 1.807) is 25.1 Å². The number of nitrogens with zero attached hydrogens (tertiary/aromatic N) is 1. The zero-order valence-electron chi connectivity index (χ0n) is 14.3. The molecular formula is C20H18Cl2N2O2. The highest BCUT2D eigenvalue weighted by atomic mass is 35.5. The van der Waals surface area contributed by atoms with Crippen molar-refractivity contribution in [1.82, 2.24) is 9.88 Å². The normalized spacial score (nSPS) is 15.0. The van der Waals surface area contributed by atoms with Gasteiger partial charge in [-0.05, 0) is 31.2 Å². The number of benzene rings is 2. The van der Waals surface area contributed by atoms with Crippen molar-refractivity contribution in [3.8, 4) is 5.75 Å². The van der Waals surface area contributed by atoms with Gasteiger partial charge in [0, 0.05) is 46.7 Å². The number of fused-ring (bicyclic) bond motifs is 3. The molecule has 1 aliphatic rings. The van der Waals surface area contributed by atoms with Crippen LogP contribution in [0, 0.1) is 0 Å². The molecule has 3 aromatic rings. The summed E-state index contributed by atoms with van der Waals surface area (Å²) in [5.41, 5.74) is 3.52. The highest BCUT2D eigenvalue weighted by Gasteiger charge is 2.28. The summed E-state index contributed by atoms with van der Waals surface area (Å²) in [4.78, 5) is 18.2. The van der Waals surface area contributed by atoms with E-state index >= 15 is 0 Å². The van der Waals surface area contributed by atoms with Gasteiger partial charge in [-0.25, -0.2) is 0 Å². The number of amides is 1. The summed E-state index contributed by atoms with van der Waals surface area (Å²) in [6.07, 6.45) is 0.185. The van der Waals surface area contributed by atoms with Crippen molar-refractivity contribution in [2.24, 2.45) is 0 Å². The molecule has 0 bridgehead atoms. The van der Waals surface area contributed by atoms with Gasteiger partial charge in [-0.2, -0.15) is 0 Å². The number of para-hydroxylation sites is 1. The van der Waals surface area contributed by atoms with Gasteiger partial charge in [0.05, 0.1) is 5.02 Å². The molecule has 1 aliphatic heterocycles. The Balaban J connectivity index is 1.51. The first-order valence-corrected chi connectivity index (χ1v) is 9.27. The van der Waals surface area contributed by atoms with Crippen LogP contribution in [0.3, 0.4) is 0 Å². The minimum Gasteiger partial charge on any atom is -0.479 e. The van der Waals surface area contributed by atoms with Crippen LogP contribution in [0.1, 0.15) is 18.2 Å². The second kappa shape index (κ2) is 6.86. The summed E-state index contributed by atoms with van der Waals surface area (Å²) in [6.45, 7) is 3.00. The van der Waals surface area contributed by atoms with Crippen LogP contribution in [-0.2, 0) is 17.8 Å². The second-order valence-corrected chi connectivity index (χ2v) is 7.32. The van der Waals surface area contributed by atoms with Crippen LogP contribution >= 0.6 is 23.2 Å². The standard InChI is InChI=1S/C20H18Cl2N2O2/c1-12(26-19-7-6-13(21)10-16(19)22)20(25)24-9-8-18-15(11-24)14-4-2-3-5-17(14)23-18/h2-7,10,12,23H,8-9,11H2,1H3/t12-/m1/s1. The fourth-order valence-corrected chi connectivity index (χ4v) is 3.88. The minimum absolute atomic E-state index is 0.0491. The fourth-order valence-electron chi connectivity index (χ4n) is 3.42. The van der Waals surface area contributed by atoms with Gasteiger partial charge in [0.1, 0.15) is 5.75 Å². The number of hydrogen-bond acceptors (Lipinski definition) is 2. The molecule has 1 amide bonds. The van der Waals surface area contributed by atoms with Crippen molar-refractivity contribution < 1.29 is 9.53 Å². The van der Waals surface area contributed by atoms with Gasteiger partial charge in [-0.1, -0.05) is 41.4 Å². The van der Waals surface area contributed by atoms with E-state index in [-0.39, 0.29) is 5.91 Å². The van der Waals surface area contributed by atoms with Gasteiger partial charge in [0.25, 0.3) is 5.91 Å². The maximum absolute atomic E-state index is 12.9. The number of nitrogens with one attached hydrogen (secondary N) is 1. The highest BCUT2D eigenvalue weighted by Crippen LogP contribution is 2.30. The Morgan fingerprint density at radius 3 is 2.85 bits per heavy atom. The number of rotatable bonds is 3. The van der Waals surface area contributed by atoms with E-state index in [0.29, 0.717) is 28.9 Å². The summed E-state index contributed by atoms with van der Waals surface area (Å²) in [5.74, 6) is 0.411. The Bertz CT molecular complexity index is 983. The topological polar surface area (TPSA) is 45.3 Å². The number of aromatic nitrogens is 1. The van der Waals surface area contributed by atoms with Gasteiger partial charge < -0.3 is 14.6 Å². The van der Waals surface area contributed by atoms with Crippen molar-refractivity contribution in [1.29, 1.82) is 0 Å². The quantitative estimate of drug-likeness (QED) is 0.698. The molecule has 134 valence electrons. The first-order valence-electron chi connectivity index (χ1n) is 8.52. The van der Waals surface area contributed by atoms with Crippen molar-refractivity contribution in [3.63, 3.8) is 0 Å². The first-order chi connectivity index (χ1) is 12.5. The number of ether oxygens (including phenoxy) is 1. The lowest BCUT2D eigenvalue weighted by atomic mass is 10.0. The lowest BCUT2D eigenvalue weighted by molar-refractivity contribution is -0.138. The van der Waals surface area contributed by atoms with Gasteiger partial charge in [0.2, 0.25) is 0 Å². The van der Waals surface area contributed by atoms with Crippen LogP contribution in [0.4, 0.5) is 0 Å². The predicted molar refractivity (Wildman–Crippen MR) is 104 cm³/mol. The maximum atomic E-state index is 12.9. The predicted octanol–water partition coefficient (Wildman–Crippen LogP) is 4.83. The van der Waals surface area contributed by atoms with Crippen LogP contribution in [0.25, 0.3) is 10.9 Å². The SMILES string of the molecule is C[C@@H](Oc1ccc(Cl)cc1Cl)C(=O)N1CCc2[nH]c3ccccc3c2C1. The maximum Gasteiger partial charge on any atom is 0.263 e. The van der Waals surface area contributed by atoms with Gasteiger partial charge in [0.15, 0.2) is 6.10 Å². The van der Waals surface area contributed by atoms with Gasteiger partial charge >= 0.3 is 0 Å². The van der Waals surface area contributed by atoms with Crippen LogP contribution in [0.5, 0.6) is 5.75 Å². The molecule has 6 heteroatoms. The molecule has 4 nitrogen and oxygen atoms in total. The molecule has 1 N–H and O–H groups in total. The summed E-state index contributed by atoms with van der Waals surface area (Å²) in [7, 11) is 0. The number of aromatic amines is 1. The first kappa shape index (κ1) is 17.3. The third kappa shape index (κ3) is 3.15. The molecule has 0 saturated heterocycles. The number of H-pyrrole nitrogens is 1. The molecule has 0 spiro atoms. The molecule has 1 aromatic heterocycles. The number of hydrogen-bond donors (Lipinski definition) is 1. The zero-order valence-corrected chi connectivity index (χ0v) is 15.8. The van der Waals surface area contributed by atoms with E-state index in [2.05, 4.69) is 17.1 Å². The lowest BCUT2D eigenvalue weighted by Crippen LogP contribution is -2.43.